The second kappa shape index (κ2) is 7.59. The highest BCUT2D eigenvalue weighted by molar-refractivity contribution is 8.00. The summed E-state index contributed by atoms with van der Waals surface area (Å²) in [4.78, 5) is 12.4. The van der Waals surface area contributed by atoms with Gasteiger partial charge in [0, 0.05) is 5.69 Å². The molecule has 1 amide bonds. The molecule has 0 fully saturated rings. The number of para-hydroxylation sites is 1. The van der Waals surface area contributed by atoms with Gasteiger partial charge >= 0.3 is 0 Å². The predicted molar refractivity (Wildman–Crippen MR) is 94.3 cm³/mol. The summed E-state index contributed by atoms with van der Waals surface area (Å²) in [6, 6.07) is 18.3. The number of rotatable bonds is 5. The number of hydrogen-bond donors (Lipinski definition) is 1. The number of amides is 1. The third-order valence-corrected chi connectivity index (χ3v) is 4.39. The molecular weight excluding hydrogens is 336 g/mol. The number of hydrogen-bond acceptors (Lipinski definition) is 6. The molecule has 8 heteroatoms. The van der Waals surface area contributed by atoms with E-state index in [0.717, 1.165) is 5.69 Å². The monoisotopic (exact) mass is 350 g/mol. The fourth-order valence-electron chi connectivity index (χ4n) is 2.11. The fourth-order valence-corrected chi connectivity index (χ4v) is 2.91. The van der Waals surface area contributed by atoms with E-state index in [0.29, 0.717) is 16.4 Å². The summed E-state index contributed by atoms with van der Waals surface area (Å²) >= 11 is 1.26. The van der Waals surface area contributed by atoms with Gasteiger partial charge in [0.2, 0.25) is 11.1 Å². The Kier molecular flexibility index (Phi) is 5.06. The van der Waals surface area contributed by atoms with E-state index >= 15 is 0 Å². The first-order chi connectivity index (χ1) is 12.2. The number of benzene rings is 2. The number of thioether (sulfide) groups is 1. The molecule has 0 aliphatic heterocycles. The summed E-state index contributed by atoms with van der Waals surface area (Å²) in [7, 11) is 0. The van der Waals surface area contributed by atoms with Crippen LogP contribution in [0.25, 0.3) is 5.69 Å². The molecule has 1 N–H and O–H groups in total. The van der Waals surface area contributed by atoms with Gasteiger partial charge in [-0.15, -0.1) is 5.10 Å². The van der Waals surface area contributed by atoms with Crippen LogP contribution in [0, 0.1) is 11.3 Å². The zero-order valence-corrected chi connectivity index (χ0v) is 14.1. The van der Waals surface area contributed by atoms with E-state index in [1.807, 2.05) is 36.4 Å². The Hall–Kier alpha value is -3.18. The Morgan fingerprint density at radius 3 is 2.80 bits per heavy atom. The summed E-state index contributed by atoms with van der Waals surface area (Å²) in [5.74, 6) is -0.192. The van der Waals surface area contributed by atoms with Gasteiger partial charge in [-0.3, -0.25) is 4.79 Å². The molecule has 7 nitrogen and oxygen atoms in total. The lowest BCUT2D eigenvalue weighted by Crippen LogP contribution is -2.23. The maximum absolute atomic E-state index is 12.4. The summed E-state index contributed by atoms with van der Waals surface area (Å²) in [6.07, 6.45) is 0. The first-order valence-electron chi connectivity index (χ1n) is 7.49. The SMILES string of the molecule is CC(Sc1nnnn1-c1ccccc1)C(=O)Nc1cccc(C#N)c1. The molecule has 0 aliphatic rings. The van der Waals surface area contributed by atoms with Crippen molar-refractivity contribution >= 4 is 23.4 Å². The Bertz CT molecular complexity index is 918. The van der Waals surface area contributed by atoms with Gasteiger partial charge in [0.15, 0.2) is 0 Å². The molecule has 0 spiro atoms. The number of tetrazole rings is 1. The second-order valence-electron chi connectivity index (χ2n) is 5.15. The van der Waals surface area contributed by atoms with E-state index in [4.69, 9.17) is 5.26 Å². The number of aromatic nitrogens is 4. The molecule has 1 heterocycles. The summed E-state index contributed by atoms with van der Waals surface area (Å²) in [6.45, 7) is 1.78. The first kappa shape index (κ1) is 16.7. The van der Waals surface area contributed by atoms with Crippen molar-refractivity contribution in [3.8, 4) is 11.8 Å². The van der Waals surface area contributed by atoms with Crippen molar-refractivity contribution < 1.29 is 4.79 Å². The lowest BCUT2D eigenvalue weighted by Gasteiger charge is -2.11. The Morgan fingerprint density at radius 2 is 2.04 bits per heavy atom. The highest BCUT2D eigenvalue weighted by Gasteiger charge is 2.19. The van der Waals surface area contributed by atoms with Gasteiger partial charge in [-0.05, 0) is 47.7 Å². The molecule has 1 aromatic heterocycles. The lowest BCUT2D eigenvalue weighted by molar-refractivity contribution is -0.115. The first-order valence-corrected chi connectivity index (χ1v) is 8.37. The molecule has 25 heavy (non-hydrogen) atoms. The number of nitrogens with zero attached hydrogens (tertiary/aromatic N) is 5. The molecule has 3 rings (SSSR count). The van der Waals surface area contributed by atoms with E-state index in [2.05, 4.69) is 20.8 Å². The van der Waals surface area contributed by atoms with Crippen LogP contribution in [-0.4, -0.2) is 31.4 Å². The molecule has 2 aromatic carbocycles. The zero-order chi connectivity index (χ0) is 17.6. The standard InChI is InChI=1S/C17H14N6OS/c1-12(16(24)19-14-7-5-6-13(10-14)11-18)25-17-20-21-22-23(17)15-8-3-2-4-9-15/h2-10,12H,1H3,(H,19,24). The topological polar surface area (TPSA) is 96.5 Å². The van der Waals surface area contributed by atoms with Crippen molar-refractivity contribution in [3.05, 3.63) is 60.2 Å². The molecule has 0 radical (unpaired) electrons. The summed E-state index contributed by atoms with van der Waals surface area (Å²) in [5.41, 5.74) is 1.90. The number of nitrogens with one attached hydrogen (secondary N) is 1. The normalized spacial score (nSPS) is 11.5. The highest BCUT2D eigenvalue weighted by atomic mass is 32.2. The van der Waals surface area contributed by atoms with Crippen molar-refractivity contribution in [3.63, 3.8) is 0 Å². The Balaban J connectivity index is 1.70. The number of carbonyl (C=O) groups is 1. The molecule has 124 valence electrons. The van der Waals surface area contributed by atoms with E-state index < -0.39 is 5.25 Å². The maximum Gasteiger partial charge on any atom is 0.237 e. The quantitative estimate of drug-likeness (QED) is 0.711. The number of anilines is 1. The largest absolute Gasteiger partial charge is 0.325 e. The molecule has 1 atom stereocenters. The van der Waals surface area contributed by atoms with E-state index in [1.165, 1.54) is 11.8 Å². The molecule has 1 unspecified atom stereocenters. The fraction of sp³-hybridized carbons (Fsp3) is 0.118. The van der Waals surface area contributed by atoms with Crippen LogP contribution in [-0.2, 0) is 4.79 Å². The average Bonchev–Trinajstić information content (AvgIpc) is 3.10. The lowest BCUT2D eigenvalue weighted by atomic mass is 10.2. The van der Waals surface area contributed by atoms with E-state index in [9.17, 15) is 4.79 Å². The molecule has 3 aromatic rings. The molecule has 0 aliphatic carbocycles. The van der Waals surface area contributed by atoms with Gasteiger partial charge < -0.3 is 5.32 Å². The van der Waals surface area contributed by atoms with Crippen molar-refractivity contribution in [1.82, 2.24) is 20.2 Å². The van der Waals surface area contributed by atoms with Crippen LogP contribution in [0.15, 0.2) is 59.8 Å². The van der Waals surface area contributed by atoms with E-state index in [-0.39, 0.29) is 5.91 Å². The molecule has 0 bridgehead atoms. The Morgan fingerprint density at radius 1 is 1.24 bits per heavy atom. The van der Waals surface area contributed by atoms with Gasteiger partial charge in [0.05, 0.1) is 22.6 Å². The van der Waals surface area contributed by atoms with Crippen molar-refractivity contribution in [2.75, 3.05) is 5.32 Å². The van der Waals surface area contributed by atoms with Gasteiger partial charge in [-0.1, -0.05) is 36.0 Å². The molecule has 0 saturated carbocycles. The minimum Gasteiger partial charge on any atom is -0.325 e. The number of nitriles is 1. The average molecular weight is 350 g/mol. The van der Waals surface area contributed by atoms with Crippen LogP contribution in [0.2, 0.25) is 0 Å². The van der Waals surface area contributed by atoms with Crippen molar-refractivity contribution in [2.45, 2.75) is 17.3 Å². The van der Waals surface area contributed by atoms with Gasteiger partial charge in [-0.2, -0.15) is 9.94 Å². The third-order valence-electron chi connectivity index (χ3n) is 3.35. The van der Waals surface area contributed by atoms with Crippen LogP contribution >= 0.6 is 11.8 Å². The van der Waals surface area contributed by atoms with Crippen LogP contribution < -0.4 is 5.32 Å². The van der Waals surface area contributed by atoms with Gasteiger partial charge in [0.1, 0.15) is 0 Å². The van der Waals surface area contributed by atoms with Gasteiger partial charge in [0.25, 0.3) is 0 Å². The third kappa shape index (κ3) is 4.02. The second-order valence-corrected chi connectivity index (χ2v) is 6.46. The maximum atomic E-state index is 12.4. The summed E-state index contributed by atoms with van der Waals surface area (Å²) < 4.78 is 1.59. The van der Waals surface area contributed by atoms with Crippen molar-refractivity contribution in [2.24, 2.45) is 0 Å². The van der Waals surface area contributed by atoms with Gasteiger partial charge in [-0.25, -0.2) is 0 Å². The highest BCUT2D eigenvalue weighted by Crippen LogP contribution is 2.24. The van der Waals surface area contributed by atoms with Crippen LogP contribution in [0.4, 0.5) is 5.69 Å². The smallest absolute Gasteiger partial charge is 0.237 e. The molecular formula is C17H14N6OS. The Labute approximate surface area is 148 Å². The van der Waals surface area contributed by atoms with Crippen LogP contribution in [0.5, 0.6) is 0 Å². The summed E-state index contributed by atoms with van der Waals surface area (Å²) in [5, 5.41) is 23.5. The van der Waals surface area contributed by atoms with Crippen LogP contribution in [0.3, 0.4) is 0 Å². The minimum absolute atomic E-state index is 0.192. The van der Waals surface area contributed by atoms with Crippen molar-refractivity contribution in [1.29, 1.82) is 5.26 Å². The molecule has 0 saturated heterocycles. The van der Waals surface area contributed by atoms with Crippen LogP contribution in [0.1, 0.15) is 12.5 Å². The van der Waals surface area contributed by atoms with E-state index in [1.54, 1.807) is 35.9 Å². The minimum atomic E-state index is -0.417. The number of carbonyl (C=O) groups excluding carboxylic acids is 1. The predicted octanol–water partition coefficient (Wildman–Crippen LogP) is 2.65. The zero-order valence-electron chi connectivity index (χ0n) is 13.3.